The molecule has 1 amide bonds. The van der Waals surface area contributed by atoms with Crippen LogP contribution in [0.2, 0.25) is 0 Å². The number of nitrogens with one attached hydrogen (secondary N) is 1. The van der Waals surface area contributed by atoms with Crippen LogP contribution in [0.15, 0.2) is 41.0 Å². The Balaban J connectivity index is 2.00. The maximum absolute atomic E-state index is 13.7. The van der Waals surface area contributed by atoms with Crippen molar-refractivity contribution >= 4 is 5.91 Å². The van der Waals surface area contributed by atoms with Gasteiger partial charge in [0, 0.05) is 18.5 Å². The lowest BCUT2D eigenvalue weighted by atomic mass is 10.1. The van der Waals surface area contributed by atoms with Crippen LogP contribution in [0.5, 0.6) is 0 Å². The highest BCUT2D eigenvalue weighted by Crippen LogP contribution is 2.10. The Hall–Kier alpha value is -2.58. The summed E-state index contributed by atoms with van der Waals surface area (Å²) in [4.78, 5) is 11.9. The van der Waals surface area contributed by atoms with Gasteiger partial charge in [-0.15, -0.1) is 0 Å². The van der Waals surface area contributed by atoms with E-state index in [0.29, 0.717) is 18.5 Å². The lowest BCUT2D eigenvalue weighted by Crippen LogP contribution is -2.26. The van der Waals surface area contributed by atoms with E-state index < -0.39 is 11.7 Å². The summed E-state index contributed by atoms with van der Waals surface area (Å²) in [5.41, 5.74) is 0.404. The van der Waals surface area contributed by atoms with Crippen molar-refractivity contribution in [3.8, 4) is 11.8 Å². The molecule has 0 unspecified atom stereocenters. The van der Waals surface area contributed by atoms with E-state index in [2.05, 4.69) is 17.2 Å². The van der Waals surface area contributed by atoms with Crippen LogP contribution < -0.4 is 5.32 Å². The number of amides is 1. The first-order chi connectivity index (χ1) is 10.2. The molecule has 0 atom stereocenters. The molecule has 0 aliphatic carbocycles. The van der Waals surface area contributed by atoms with E-state index in [1.165, 1.54) is 18.2 Å². The third-order valence-electron chi connectivity index (χ3n) is 2.76. The first kappa shape index (κ1) is 14.8. The Kier molecular flexibility index (Phi) is 5.13. The van der Waals surface area contributed by atoms with E-state index in [4.69, 9.17) is 9.52 Å². The fourth-order valence-electron chi connectivity index (χ4n) is 1.77. The molecule has 0 saturated heterocycles. The lowest BCUT2D eigenvalue weighted by Gasteiger charge is -2.05. The number of furan rings is 1. The topological polar surface area (TPSA) is 62.5 Å². The van der Waals surface area contributed by atoms with Crippen LogP contribution in [0.3, 0.4) is 0 Å². The monoisotopic (exact) mass is 287 g/mol. The molecule has 2 N–H and O–H groups in total. The molecule has 0 fully saturated rings. The van der Waals surface area contributed by atoms with Gasteiger partial charge >= 0.3 is 0 Å². The van der Waals surface area contributed by atoms with E-state index in [1.807, 2.05) is 0 Å². The highest BCUT2D eigenvalue weighted by molar-refractivity contribution is 5.94. The van der Waals surface area contributed by atoms with Crippen LogP contribution >= 0.6 is 0 Å². The molecular formula is C16H14FNO3. The van der Waals surface area contributed by atoms with Gasteiger partial charge in [0.1, 0.15) is 18.2 Å². The fraction of sp³-hybridized carbons (Fsp3) is 0.188. The van der Waals surface area contributed by atoms with Gasteiger partial charge in [-0.3, -0.25) is 4.79 Å². The van der Waals surface area contributed by atoms with Gasteiger partial charge in [-0.25, -0.2) is 4.39 Å². The summed E-state index contributed by atoms with van der Waals surface area (Å²) < 4.78 is 18.8. The summed E-state index contributed by atoms with van der Waals surface area (Å²) in [6.45, 7) is 0.0559. The molecule has 0 aliphatic rings. The van der Waals surface area contributed by atoms with Crippen molar-refractivity contribution in [1.29, 1.82) is 0 Å². The van der Waals surface area contributed by atoms with E-state index in [1.54, 1.807) is 18.4 Å². The molecule has 0 bridgehead atoms. The normalized spacial score (nSPS) is 9.81. The van der Waals surface area contributed by atoms with Gasteiger partial charge in [-0.05, 0) is 30.3 Å². The molecule has 108 valence electrons. The molecule has 0 spiro atoms. The molecule has 4 nitrogen and oxygen atoms in total. The molecule has 1 heterocycles. The van der Waals surface area contributed by atoms with Crippen molar-refractivity contribution < 1.29 is 18.7 Å². The number of hydrogen-bond donors (Lipinski definition) is 2. The average Bonchev–Trinajstić information content (AvgIpc) is 2.99. The number of carbonyl (C=O) groups is 1. The maximum atomic E-state index is 13.7. The third-order valence-corrected chi connectivity index (χ3v) is 2.76. The Morgan fingerprint density at radius 3 is 2.95 bits per heavy atom. The van der Waals surface area contributed by atoms with Gasteiger partial charge < -0.3 is 14.8 Å². The number of rotatable bonds is 4. The SMILES string of the molecule is O=C(NCCc1ccco1)c1cc(C#CCO)ccc1F. The van der Waals surface area contributed by atoms with Crippen LogP contribution in [-0.4, -0.2) is 24.2 Å². The van der Waals surface area contributed by atoms with Crippen molar-refractivity contribution in [2.75, 3.05) is 13.2 Å². The van der Waals surface area contributed by atoms with E-state index in [0.717, 1.165) is 5.76 Å². The number of benzene rings is 1. The molecule has 0 saturated carbocycles. The summed E-state index contributed by atoms with van der Waals surface area (Å²) in [5, 5.41) is 11.3. The zero-order valence-electron chi connectivity index (χ0n) is 11.2. The number of carbonyl (C=O) groups excluding carboxylic acids is 1. The first-order valence-electron chi connectivity index (χ1n) is 6.40. The number of hydrogen-bond acceptors (Lipinski definition) is 3. The van der Waals surface area contributed by atoms with Crippen LogP contribution in [0, 0.1) is 17.7 Å². The minimum absolute atomic E-state index is 0.0702. The van der Waals surface area contributed by atoms with E-state index in [-0.39, 0.29) is 12.2 Å². The lowest BCUT2D eigenvalue weighted by molar-refractivity contribution is 0.0949. The second-order valence-electron chi connectivity index (χ2n) is 4.24. The minimum atomic E-state index is -0.611. The van der Waals surface area contributed by atoms with Crippen molar-refractivity contribution in [1.82, 2.24) is 5.32 Å². The molecule has 0 radical (unpaired) electrons. The largest absolute Gasteiger partial charge is 0.469 e. The quantitative estimate of drug-likeness (QED) is 0.842. The second kappa shape index (κ2) is 7.27. The van der Waals surface area contributed by atoms with Gasteiger partial charge in [0.2, 0.25) is 0 Å². The van der Waals surface area contributed by atoms with Crippen LogP contribution in [0.25, 0.3) is 0 Å². The summed E-state index contributed by atoms with van der Waals surface area (Å²) in [6, 6.07) is 7.57. The molecule has 1 aromatic heterocycles. The number of halogens is 1. The van der Waals surface area contributed by atoms with Crippen molar-refractivity contribution in [2.24, 2.45) is 0 Å². The zero-order chi connectivity index (χ0) is 15.1. The molecule has 1 aromatic carbocycles. The summed E-state index contributed by atoms with van der Waals surface area (Å²) in [5.74, 6) is 4.71. The van der Waals surface area contributed by atoms with Gasteiger partial charge in [0.05, 0.1) is 11.8 Å². The molecule has 21 heavy (non-hydrogen) atoms. The number of aliphatic hydroxyl groups is 1. The van der Waals surface area contributed by atoms with E-state index in [9.17, 15) is 9.18 Å². The summed E-state index contributed by atoms with van der Waals surface area (Å²) in [7, 11) is 0. The van der Waals surface area contributed by atoms with Crippen molar-refractivity contribution in [2.45, 2.75) is 6.42 Å². The Morgan fingerprint density at radius 1 is 1.38 bits per heavy atom. The molecule has 2 rings (SSSR count). The highest BCUT2D eigenvalue weighted by Gasteiger charge is 2.11. The van der Waals surface area contributed by atoms with Crippen molar-refractivity contribution in [3.63, 3.8) is 0 Å². The van der Waals surface area contributed by atoms with Gasteiger partial charge in [0.25, 0.3) is 5.91 Å². The van der Waals surface area contributed by atoms with Gasteiger partial charge in [0.15, 0.2) is 0 Å². The van der Waals surface area contributed by atoms with Crippen LogP contribution in [-0.2, 0) is 6.42 Å². The predicted molar refractivity (Wildman–Crippen MR) is 75.1 cm³/mol. The molecular weight excluding hydrogens is 273 g/mol. The standard InChI is InChI=1S/C16H14FNO3/c17-15-6-5-12(3-1-9-19)11-14(15)16(20)18-8-7-13-4-2-10-21-13/h2,4-6,10-11,19H,7-9H2,(H,18,20). The first-order valence-corrected chi connectivity index (χ1v) is 6.40. The molecule has 2 aromatic rings. The third kappa shape index (κ3) is 4.20. The fourth-order valence-corrected chi connectivity index (χ4v) is 1.77. The Bertz CT molecular complexity index is 669. The second-order valence-corrected chi connectivity index (χ2v) is 4.24. The van der Waals surface area contributed by atoms with Crippen LogP contribution in [0.1, 0.15) is 21.7 Å². The highest BCUT2D eigenvalue weighted by atomic mass is 19.1. The Labute approximate surface area is 121 Å². The summed E-state index contributed by atoms with van der Waals surface area (Å²) in [6.07, 6.45) is 2.09. The van der Waals surface area contributed by atoms with Crippen molar-refractivity contribution in [3.05, 3.63) is 59.3 Å². The molecule has 0 aliphatic heterocycles. The molecule has 5 heteroatoms. The zero-order valence-corrected chi connectivity index (χ0v) is 11.2. The summed E-state index contributed by atoms with van der Waals surface area (Å²) >= 11 is 0. The van der Waals surface area contributed by atoms with Gasteiger partial charge in [-0.1, -0.05) is 11.8 Å². The van der Waals surface area contributed by atoms with Gasteiger partial charge in [-0.2, -0.15) is 0 Å². The maximum Gasteiger partial charge on any atom is 0.254 e. The van der Waals surface area contributed by atoms with Crippen LogP contribution in [0.4, 0.5) is 4.39 Å². The number of aliphatic hydroxyl groups excluding tert-OH is 1. The average molecular weight is 287 g/mol. The predicted octanol–water partition coefficient (Wildman–Crippen LogP) is 1.73. The smallest absolute Gasteiger partial charge is 0.254 e. The minimum Gasteiger partial charge on any atom is -0.469 e. The Morgan fingerprint density at radius 2 is 2.24 bits per heavy atom. The van der Waals surface area contributed by atoms with E-state index >= 15 is 0 Å².